The number of hydrogen-bond acceptors (Lipinski definition) is 3. The minimum atomic E-state index is -0.241. The second-order valence-electron chi connectivity index (χ2n) is 5.61. The van der Waals surface area contributed by atoms with E-state index in [1.54, 1.807) is 30.2 Å². The normalized spacial score (nSPS) is 14.4. The highest BCUT2D eigenvalue weighted by Gasteiger charge is 2.21. The van der Waals surface area contributed by atoms with E-state index >= 15 is 0 Å². The second-order valence-corrected chi connectivity index (χ2v) is 5.61. The molecule has 1 saturated heterocycles. The standard InChI is InChI=1S/C18H20FN3O2/c1-24-17-4-2-3-15(13-17)20-18(23)22-11-9-21(10-12-22)16-7-5-14(19)6-8-16/h2-8,13H,9-12H2,1H3,(H,20,23). The van der Waals surface area contributed by atoms with Gasteiger partial charge in [0.2, 0.25) is 0 Å². The van der Waals surface area contributed by atoms with Crippen LogP contribution in [0.3, 0.4) is 0 Å². The number of rotatable bonds is 3. The van der Waals surface area contributed by atoms with Gasteiger partial charge < -0.3 is 19.9 Å². The smallest absolute Gasteiger partial charge is 0.321 e. The fraction of sp³-hybridized carbons (Fsp3) is 0.278. The SMILES string of the molecule is COc1cccc(NC(=O)N2CCN(c3ccc(F)cc3)CC2)c1. The van der Waals surface area contributed by atoms with Crippen LogP contribution in [0.15, 0.2) is 48.5 Å². The molecule has 2 aromatic carbocycles. The third kappa shape index (κ3) is 3.76. The number of urea groups is 1. The number of nitrogens with one attached hydrogen (secondary N) is 1. The van der Waals surface area contributed by atoms with Crippen LogP contribution >= 0.6 is 0 Å². The minimum Gasteiger partial charge on any atom is -0.497 e. The van der Waals surface area contributed by atoms with Crippen LogP contribution in [0.2, 0.25) is 0 Å². The maximum atomic E-state index is 13.0. The Labute approximate surface area is 140 Å². The topological polar surface area (TPSA) is 44.8 Å². The van der Waals surface area contributed by atoms with Gasteiger partial charge in [0.25, 0.3) is 0 Å². The largest absolute Gasteiger partial charge is 0.497 e. The molecule has 3 rings (SSSR count). The highest BCUT2D eigenvalue weighted by atomic mass is 19.1. The number of methoxy groups -OCH3 is 1. The molecule has 126 valence electrons. The Morgan fingerprint density at radius 3 is 2.46 bits per heavy atom. The lowest BCUT2D eigenvalue weighted by atomic mass is 10.2. The van der Waals surface area contributed by atoms with Crippen molar-refractivity contribution in [3.8, 4) is 5.75 Å². The molecule has 5 nitrogen and oxygen atoms in total. The first-order valence-corrected chi connectivity index (χ1v) is 7.86. The molecule has 24 heavy (non-hydrogen) atoms. The molecule has 0 aliphatic carbocycles. The van der Waals surface area contributed by atoms with E-state index in [-0.39, 0.29) is 11.8 Å². The van der Waals surface area contributed by atoms with Gasteiger partial charge in [-0.15, -0.1) is 0 Å². The van der Waals surface area contributed by atoms with Crippen LogP contribution in [0.25, 0.3) is 0 Å². The molecule has 0 aromatic heterocycles. The molecule has 1 N–H and O–H groups in total. The zero-order valence-corrected chi connectivity index (χ0v) is 13.5. The maximum absolute atomic E-state index is 13.0. The summed E-state index contributed by atoms with van der Waals surface area (Å²) in [6, 6.07) is 13.6. The third-order valence-corrected chi connectivity index (χ3v) is 4.08. The van der Waals surface area contributed by atoms with Crippen molar-refractivity contribution in [3.63, 3.8) is 0 Å². The number of carbonyl (C=O) groups excluding carboxylic acids is 1. The van der Waals surface area contributed by atoms with Crippen molar-refractivity contribution < 1.29 is 13.9 Å². The molecule has 0 saturated carbocycles. The van der Waals surface area contributed by atoms with Crippen molar-refractivity contribution in [1.82, 2.24) is 4.90 Å². The molecule has 2 amide bonds. The Hall–Kier alpha value is -2.76. The molecule has 1 heterocycles. The van der Waals surface area contributed by atoms with Gasteiger partial charge in [-0.2, -0.15) is 0 Å². The summed E-state index contributed by atoms with van der Waals surface area (Å²) < 4.78 is 18.1. The van der Waals surface area contributed by atoms with Gasteiger partial charge in [0, 0.05) is 43.6 Å². The van der Waals surface area contributed by atoms with Gasteiger partial charge in [-0.05, 0) is 36.4 Å². The van der Waals surface area contributed by atoms with Crippen LogP contribution in [0.4, 0.5) is 20.6 Å². The predicted molar refractivity (Wildman–Crippen MR) is 92.2 cm³/mol. The van der Waals surface area contributed by atoms with Crippen molar-refractivity contribution in [3.05, 3.63) is 54.3 Å². The molecule has 0 unspecified atom stereocenters. The average Bonchev–Trinajstić information content (AvgIpc) is 2.62. The lowest BCUT2D eigenvalue weighted by molar-refractivity contribution is 0.208. The first-order valence-electron chi connectivity index (χ1n) is 7.86. The summed E-state index contributed by atoms with van der Waals surface area (Å²) in [4.78, 5) is 16.3. The lowest BCUT2D eigenvalue weighted by Crippen LogP contribution is -2.50. The molecule has 0 spiro atoms. The Balaban J connectivity index is 1.55. The van der Waals surface area contributed by atoms with Crippen LogP contribution in [-0.4, -0.2) is 44.2 Å². The fourth-order valence-electron chi connectivity index (χ4n) is 2.72. The van der Waals surface area contributed by atoms with E-state index in [2.05, 4.69) is 10.2 Å². The van der Waals surface area contributed by atoms with Crippen molar-refractivity contribution in [1.29, 1.82) is 0 Å². The summed E-state index contributed by atoms with van der Waals surface area (Å²) in [5, 5.41) is 2.89. The second kappa shape index (κ2) is 7.21. The number of piperazine rings is 1. The summed E-state index contributed by atoms with van der Waals surface area (Å²) in [5.74, 6) is 0.462. The molecule has 0 radical (unpaired) electrons. The van der Waals surface area contributed by atoms with Crippen molar-refractivity contribution in [2.75, 3.05) is 43.5 Å². The Kier molecular flexibility index (Phi) is 4.84. The van der Waals surface area contributed by atoms with Gasteiger partial charge in [-0.1, -0.05) is 6.07 Å². The number of amides is 2. The summed E-state index contributed by atoms with van der Waals surface area (Å²) >= 11 is 0. The molecule has 0 bridgehead atoms. The van der Waals surface area contributed by atoms with Crippen LogP contribution in [-0.2, 0) is 0 Å². The van der Waals surface area contributed by atoms with Crippen molar-refractivity contribution in [2.45, 2.75) is 0 Å². The van der Waals surface area contributed by atoms with E-state index < -0.39 is 0 Å². The lowest BCUT2D eigenvalue weighted by Gasteiger charge is -2.36. The first kappa shape index (κ1) is 16.1. The summed E-state index contributed by atoms with van der Waals surface area (Å²) in [5.41, 5.74) is 1.68. The molecule has 1 aliphatic rings. The third-order valence-electron chi connectivity index (χ3n) is 4.08. The van der Waals surface area contributed by atoms with Gasteiger partial charge in [-0.25, -0.2) is 9.18 Å². The number of halogens is 1. The van der Waals surface area contributed by atoms with Crippen molar-refractivity contribution >= 4 is 17.4 Å². The highest BCUT2D eigenvalue weighted by Crippen LogP contribution is 2.19. The summed E-state index contributed by atoms with van der Waals surface area (Å²) in [6.45, 7) is 2.68. The van der Waals surface area contributed by atoms with E-state index in [0.29, 0.717) is 24.5 Å². The summed E-state index contributed by atoms with van der Waals surface area (Å²) in [7, 11) is 1.59. The zero-order chi connectivity index (χ0) is 16.9. The van der Waals surface area contributed by atoms with Crippen LogP contribution in [0.5, 0.6) is 5.75 Å². The number of carbonyl (C=O) groups is 1. The van der Waals surface area contributed by atoms with Crippen molar-refractivity contribution in [2.24, 2.45) is 0 Å². The highest BCUT2D eigenvalue weighted by molar-refractivity contribution is 5.89. The molecular formula is C18H20FN3O2. The quantitative estimate of drug-likeness (QED) is 0.940. The number of benzene rings is 2. The fourth-order valence-corrected chi connectivity index (χ4v) is 2.72. The van der Waals surface area contributed by atoms with E-state index in [4.69, 9.17) is 4.74 Å². The Morgan fingerprint density at radius 1 is 1.08 bits per heavy atom. The average molecular weight is 329 g/mol. The van der Waals surface area contributed by atoms with Gasteiger partial charge >= 0.3 is 6.03 Å². The predicted octanol–water partition coefficient (Wildman–Crippen LogP) is 3.19. The number of hydrogen-bond donors (Lipinski definition) is 1. The van der Waals surface area contributed by atoms with Gasteiger partial charge in [-0.3, -0.25) is 0 Å². The molecule has 1 fully saturated rings. The zero-order valence-electron chi connectivity index (χ0n) is 13.5. The van der Waals surface area contributed by atoms with E-state index in [1.165, 1.54) is 12.1 Å². The summed E-state index contributed by atoms with van der Waals surface area (Å²) in [6.07, 6.45) is 0. The molecule has 0 atom stereocenters. The minimum absolute atomic E-state index is 0.123. The van der Waals surface area contributed by atoms with E-state index in [0.717, 1.165) is 18.8 Å². The van der Waals surface area contributed by atoms with E-state index in [9.17, 15) is 9.18 Å². The maximum Gasteiger partial charge on any atom is 0.321 e. The molecule has 2 aromatic rings. The van der Waals surface area contributed by atoms with Gasteiger partial charge in [0.15, 0.2) is 0 Å². The first-order chi connectivity index (χ1) is 11.7. The number of ether oxygens (including phenoxy) is 1. The van der Waals surface area contributed by atoms with Crippen LogP contribution in [0.1, 0.15) is 0 Å². The van der Waals surface area contributed by atoms with Gasteiger partial charge in [0.05, 0.1) is 7.11 Å². The number of nitrogens with zero attached hydrogens (tertiary/aromatic N) is 2. The molecule has 1 aliphatic heterocycles. The molecular weight excluding hydrogens is 309 g/mol. The Bertz CT molecular complexity index is 698. The van der Waals surface area contributed by atoms with Gasteiger partial charge in [0.1, 0.15) is 11.6 Å². The number of anilines is 2. The molecule has 6 heteroatoms. The van der Waals surface area contributed by atoms with Crippen LogP contribution in [0, 0.1) is 5.82 Å². The van der Waals surface area contributed by atoms with Crippen LogP contribution < -0.4 is 15.0 Å². The Morgan fingerprint density at radius 2 is 1.79 bits per heavy atom. The van der Waals surface area contributed by atoms with E-state index in [1.807, 2.05) is 18.2 Å². The monoisotopic (exact) mass is 329 g/mol.